The molecule has 0 radical (unpaired) electrons. The Balaban J connectivity index is 1.80. The van der Waals surface area contributed by atoms with Gasteiger partial charge in [0.25, 0.3) is 0 Å². The molecule has 1 amide bonds. The van der Waals surface area contributed by atoms with Crippen LogP contribution in [-0.2, 0) is 11.3 Å². The summed E-state index contributed by atoms with van der Waals surface area (Å²) in [5.74, 6) is 0.643. The first kappa shape index (κ1) is 17.8. The van der Waals surface area contributed by atoms with E-state index < -0.39 is 5.60 Å². The van der Waals surface area contributed by atoms with Crippen molar-refractivity contribution in [2.45, 2.75) is 85.4 Å². The summed E-state index contributed by atoms with van der Waals surface area (Å²) in [7, 11) is 0. The van der Waals surface area contributed by atoms with Crippen LogP contribution in [0.15, 0.2) is 0 Å². The molecular weight excluding hydrogens is 290 g/mol. The fourth-order valence-corrected chi connectivity index (χ4v) is 3.17. The molecule has 1 aromatic rings. The van der Waals surface area contributed by atoms with E-state index in [0.717, 1.165) is 37.9 Å². The third kappa shape index (κ3) is 4.98. The quantitative estimate of drug-likeness (QED) is 0.919. The molecular formula is C18H31N3O2. The van der Waals surface area contributed by atoms with Gasteiger partial charge in [0.2, 0.25) is 0 Å². The Labute approximate surface area is 139 Å². The summed E-state index contributed by atoms with van der Waals surface area (Å²) in [5, 5.41) is 7.64. The molecule has 23 heavy (non-hydrogen) atoms. The first-order valence-corrected chi connectivity index (χ1v) is 8.66. The summed E-state index contributed by atoms with van der Waals surface area (Å²) >= 11 is 0. The van der Waals surface area contributed by atoms with E-state index >= 15 is 0 Å². The minimum Gasteiger partial charge on any atom is -0.444 e. The Morgan fingerprint density at radius 1 is 1.22 bits per heavy atom. The van der Waals surface area contributed by atoms with Gasteiger partial charge in [-0.3, -0.25) is 4.68 Å². The third-order valence-electron chi connectivity index (χ3n) is 4.74. The average molecular weight is 321 g/mol. The number of aryl methyl sites for hydroxylation is 1. The Morgan fingerprint density at radius 3 is 2.30 bits per heavy atom. The second-order valence-corrected chi connectivity index (χ2v) is 7.84. The van der Waals surface area contributed by atoms with Crippen LogP contribution in [0.25, 0.3) is 0 Å². The summed E-state index contributed by atoms with van der Waals surface area (Å²) in [6, 6.07) is 0.239. The molecule has 130 valence electrons. The molecule has 0 aromatic carbocycles. The fourth-order valence-electron chi connectivity index (χ4n) is 3.17. The Bertz CT molecular complexity index is 549. The highest BCUT2D eigenvalue weighted by Gasteiger charge is 2.25. The van der Waals surface area contributed by atoms with Crippen molar-refractivity contribution < 1.29 is 9.53 Å². The number of nitrogens with zero attached hydrogens (tertiary/aromatic N) is 2. The monoisotopic (exact) mass is 321 g/mol. The molecule has 0 bridgehead atoms. The number of amides is 1. The van der Waals surface area contributed by atoms with E-state index in [4.69, 9.17) is 4.74 Å². The number of alkyl carbamates (subject to hydrolysis) is 1. The highest BCUT2D eigenvalue weighted by molar-refractivity contribution is 5.68. The van der Waals surface area contributed by atoms with Crippen LogP contribution in [0.2, 0.25) is 0 Å². The van der Waals surface area contributed by atoms with Gasteiger partial charge in [-0.1, -0.05) is 0 Å². The smallest absolute Gasteiger partial charge is 0.407 e. The van der Waals surface area contributed by atoms with Crippen LogP contribution < -0.4 is 5.32 Å². The number of rotatable bonds is 3. The molecule has 2 rings (SSSR count). The Morgan fingerprint density at radius 2 is 1.83 bits per heavy atom. The van der Waals surface area contributed by atoms with Gasteiger partial charge in [-0.05, 0) is 78.7 Å². The molecule has 5 heteroatoms. The van der Waals surface area contributed by atoms with Gasteiger partial charge >= 0.3 is 6.09 Å². The van der Waals surface area contributed by atoms with Crippen molar-refractivity contribution in [3.8, 4) is 0 Å². The molecule has 1 heterocycles. The number of carbonyl (C=O) groups excluding carboxylic acids is 1. The molecule has 1 saturated carbocycles. The molecule has 0 saturated heterocycles. The summed E-state index contributed by atoms with van der Waals surface area (Å²) in [4.78, 5) is 11.8. The molecule has 1 fully saturated rings. The summed E-state index contributed by atoms with van der Waals surface area (Å²) in [6.45, 7) is 13.0. The van der Waals surface area contributed by atoms with Crippen LogP contribution in [0.4, 0.5) is 4.79 Å². The normalized spacial score (nSPS) is 22.0. The van der Waals surface area contributed by atoms with E-state index in [1.807, 2.05) is 20.8 Å². The van der Waals surface area contributed by atoms with Crippen molar-refractivity contribution in [3.63, 3.8) is 0 Å². The van der Waals surface area contributed by atoms with Gasteiger partial charge in [-0.15, -0.1) is 0 Å². The van der Waals surface area contributed by atoms with Crippen LogP contribution >= 0.6 is 0 Å². The third-order valence-corrected chi connectivity index (χ3v) is 4.74. The van der Waals surface area contributed by atoms with Gasteiger partial charge in [-0.25, -0.2) is 4.79 Å². The van der Waals surface area contributed by atoms with Gasteiger partial charge in [0, 0.05) is 18.3 Å². The van der Waals surface area contributed by atoms with Crippen LogP contribution in [-0.4, -0.2) is 27.5 Å². The molecule has 1 aromatic heterocycles. The van der Waals surface area contributed by atoms with E-state index in [-0.39, 0.29) is 12.1 Å². The number of aromatic nitrogens is 2. The maximum Gasteiger partial charge on any atom is 0.407 e. The second kappa shape index (κ2) is 6.93. The number of hydrogen-bond donors (Lipinski definition) is 1. The fraction of sp³-hybridized carbons (Fsp3) is 0.778. The van der Waals surface area contributed by atoms with E-state index in [9.17, 15) is 4.79 Å². The standard InChI is InChI=1S/C18H31N3O2/c1-12-13(2)20-21(14(12)3)11-15-7-9-16(10-8-15)19-17(22)23-18(4,5)6/h15-16H,7-11H2,1-6H3,(H,19,22). The zero-order valence-electron chi connectivity index (χ0n) is 15.4. The lowest BCUT2D eigenvalue weighted by atomic mass is 9.86. The molecule has 0 atom stereocenters. The van der Waals surface area contributed by atoms with Crippen molar-refractivity contribution in [2.75, 3.05) is 0 Å². The molecule has 1 N–H and O–H groups in total. The lowest BCUT2D eigenvalue weighted by Gasteiger charge is -2.30. The Hall–Kier alpha value is -1.52. The minimum absolute atomic E-state index is 0.239. The average Bonchev–Trinajstić information content (AvgIpc) is 2.66. The molecule has 0 spiro atoms. The van der Waals surface area contributed by atoms with Gasteiger partial charge in [0.05, 0.1) is 5.69 Å². The lowest BCUT2D eigenvalue weighted by molar-refractivity contribution is 0.0486. The van der Waals surface area contributed by atoms with Crippen molar-refractivity contribution >= 4 is 6.09 Å². The predicted molar refractivity (Wildman–Crippen MR) is 91.6 cm³/mol. The van der Waals surface area contributed by atoms with Gasteiger partial charge < -0.3 is 10.1 Å². The topological polar surface area (TPSA) is 56.2 Å². The first-order valence-electron chi connectivity index (χ1n) is 8.66. The maximum atomic E-state index is 11.8. The summed E-state index contributed by atoms with van der Waals surface area (Å²) < 4.78 is 7.48. The molecule has 5 nitrogen and oxygen atoms in total. The number of ether oxygens (including phenoxy) is 1. The van der Waals surface area contributed by atoms with Gasteiger partial charge in [0.15, 0.2) is 0 Å². The number of nitrogens with one attached hydrogen (secondary N) is 1. The molecule has 0 aliphatic heterocycles. The predicted octanol–water partition coefficient (Wildman–Crippen LogP) is 3.89. The lowest BCUT2D eigenvalue weighted by Crippen LogP contribution is -2.41. The van der Waals surface area contributed by atoms with Crippen molar-refractivity contribution in [2.24, 2.45) is 5.92 Å². The number of carbonyl (C=O) groups is 1. The van der Waals surface area contributed by atoms with Gasteiger partial charge in [0.1, 0.15) is 5.60 Å². The molecule has 0 unspecified atom stereocenters. The van der Waals surface area contributed by atoms with E-state index in [0.29, 0.717) is 5.92 Å². The SMILES string of the molecule is Cc1nn(CC2CCC(NC(=O)OC(C)(C)C)CC2)c(C)c1C. The second-order valence-electron chi connectivity index (χ2n) is 7.84. The molecule has 1 aliphatic carbocycles. The zero-order valence-corrected chi connectivity index (χ0v) is 15.4. The Kier molecular flexibility index (Phi) is 5.37. The number of hydrogen-bond acceptors (Lipinski definition) is 3. The first-order chi connectivity index (χ1) is 10.7. The van der Waals surface area contributed by atoms with Crippen molar-refractivity contribution in [1.82, 2.24) is 15.1 Å². The largest absolute Gasteiger partial charge is 0.444 e. The van der Waals surface area contributed by atoms with Crippen molar-refractivity contribution in [1.29, 1.82) is 0 Å². The highest BCUT2D eigenvalue weighted by atomic mass is 16.6. The summed E-state index contributed by atoms with van der Waals surface area (Å²) in [5.41, 5.74) is 3.26. The highest BCUT2D eigenvalue weighted by Crippen LogP contribution is 2.27. The van der Waals surface area contributed by atoms with Crippen molar-refractivity contribution in [3.05, 3.63) is 17.0 Å². The van der Waals surface area contributed by atoms with Crippen LogP contribution in [0.3, 0.4) is 0 Å². The van der Waals surface area contributed by atoms with E-state index in [2.05, 4.69) is 35.9 Å². The summed E-state index contributed by atoms with van der Waals surface area (Å²) in [6.07, 6.45) is 3.98. The van der Waals surface area contributed by atoms with Crippen LogP contribution in [0.5, 0.6) is 0 Å². The molecule has 1 aliphatic rings. The van der Waals surface area contributed by atoms with Gasteiger partial charge in [-0.2, -0.15) is 5.10 Å². The van der Waals surface area contributed by atoms with E-state index in [1.165, 1.54) is 11.3 Å². The zero-order chi connectivity index (χ0) is 17.2. The van der Waals surface area contributed by atoms with Crippen LogP contribution in [0.1, 0.15) is 63.4 Å². The maximum absolute atomic E-state index is 11.8. The van der Waals surface area contributed by atoms with E-state index in [1.54, 1.807) is 0 Å². The minimum atomic E-state index is -0.436. The van der Waals surface area contributed by atoms with Crippen LogP contribution in [0, 0.1) is 26.7 Å².